The Morgan fingerprint density at radius 2 is 1.75 bits per heavy atom. The molecule has 0 fully saturated rings. The van der Waals surface area contributed by atoms with E-state index in [9.17, 15) is 4.79 Å². The molecule has 1 aromatic rings. The van der Waals surface area contributed by atoms with Crippen LogP contribution in [0.5, 0.6) is 0 Å². The first-order valence-electron chi connectivity index (χ1n) is 8.92. The first-order chi connectivity index (χ1) is 11.3. The first kappa shape index (κ1) is 20.7. The number of carbonyl (C=O) groups excluding carboxylic acids is 1. The van der Waals surface area contributed by atoms with Gasteiger partial charge in [-0.3, -0.25) is 4.89 Å². The van der Waals surface area contributed by atoms with Crippen molar-refractivity contribution in [2.45, 2.75) is 78.4 Å². The number of hydrogen-bond donors (Lipinski definition) is 0. The van der Waals surface area contributed by atoms with E-state index >= 15 is 0 Å². The lowest BCUT2D eigenvalue weighted by Gasteiger charge is -2.21. The van der Waals surface area contributed by atoms with Crippen LogP contribution in [0.2, 0.25) is 0 Å². The smallest absolute Gasteiger partial charge is 0.373 e. The second-order valence-corrected chi connectivity index (χ2v) is 7.21. The van der Waals surface area contributed by atoms with E-state index in [4.69, 9.17) is 14.5 Å². The molecule has 0 bridgehead atoms. The van der Waals surface area contributed by atoms with E-state index in [1.54, 1.807) is 19.1 Å². The third-order valence-electron chi connectivity index (χ3n) is 3.55. The molecule has 136 valence electrons. The fraction of sp³-hybridized carbons (Fsp3) is 0.650. The molecule has 0 spiro atoms. The molecule has 0 heterocycles. The van der Waals surface area contributed by atoms with Crippen LogP contribution in [0, 0.1) is 0 Å². The van der Waals surface area contributed by atoms with E-state index < -0.39 is 5.97 Å². The van der Waals surface area contributed by atoms with Crippen LogP contribution in [-0.4, -0.2) is 24.3 Å². The maximum Gasteiger partial charge on any atom is 0.373 e. The molecule has 0 saturated carbocycles. The van der Waals surface area contributed by atoms with E-state index in [2.05, 4.69) is 6.92 Å². The number of hydrogen-bond acceptors (Lipinski definition) is 4. The molecule has 24 heavy (non-hydrogen) atoms. The summed E-state index contributed by atoms with van der Waals surface area (Å²) in [7, 11) is 0. The topological polar surface area (TPSA) is 44.8 Å². The standard InChI is InChI=1S/C20H32O4/c1-6-7-8-9-10-17-11-13-18(14-12-17)19(21)24-23-16(2)15-22-20(3,4)5/h11-14,16H,6-10,15H2,1-5H3. The fourth-order valence-corrected chi connectivity index (χ4v) is 2.13. The van der Waals surface area contributed by atoms with E-state index in [0.717, 1.165) is 6.42 Å². The minimum absolute atomic E-state index is 0.241. The van der Waals surface area contributed by atoms with Crippen LogP contribution in [-0.2, 0) is 20.9 Å². The van der Waals surface area contributed by atoms with Gasteiger partial charge in [-0.05, 0) is 58.2 Å². The van der Waals surface area contributed by atoms with Crippen LogP contribution in [0.15, 0.2) is 24.3 Å². The Morgan fingerprint density at radius 3 is 2.33 bits per heavy atom. The molecular formula is C20H32O4. The molecule has 0 N–H and O–H groups in total. The summed E-state index contributed by atoms with van der Waals surface area (Å²) in [5.74, 6) is -0.477. The van der Waals surface area contributed by atoms with E-state index in [1.165, 1.54) is 31.2 Å². The van der Waals surface area contributed by atoms with Gasteiger partial charge in [0.1, 0.15) is 6.10 Å². The minimum atomic E-state index is -0.477. The molecule has 1 atom stereocenters. The normalized spacial score (nSPS) is 12.9. The van der Waals surface area contributed by atoms with E-state index in [-0.39, 0.29) is 11.7 Å². The minimum Gasteiger partial charge on any atom is -0.373 e. The highest BCUT2D eigenvalue weighted by atomic mass is 17.2. The number of aryl methyl sites for hydroxylation is 1. The Balaban J connectivity index is 2.34. The van der Waals surface area contributed by atoms with Crippen LogP contribution in [0.4, 0.5) is 0 Å². The van der Waals surface area contributed by atoms with Crippen molar-refractivity contribution in [2.24, 2.45) is 0 Å². The summed E-state index contributed by atoms with van der Waals surface area (Å²) in [5, 5.41) is 0. The highest BCUT2D eigenvalue weighted by Crippen LogP contribution is 2.12. The summed E-state index contributed by atoms with van der Waals surface area (Å²) in [6, 6.07) is 7.54. The number of carbonyl (C=O) groups is 1. The lowest BCUT2D eigenvalue weighted by Crippen LogP contribution is -2.27. The van der Waals surface area contributed by atoms with Crippen molar-refractivity contribution in [1.82, 2.24) is 0 Å². The monoisotopic (exact) mass is 336 g/mol. The van der Waals surface area contributed by atoms with Gasteiger partial charge in [0.25, 0.3) is 0 Å². The first-order valence-corrected chi connectivity index (χ1v) is 8.92. The van der Waals surface area contributed by atoms with Gasteiger partial charge >= 0.3 is 5.97 Å². The Morgan fingerprint density at radius 1 is 1.08 bits per heavy atom. The SMILES string of the molecule is CCCCCCc1ccc(C(=O)OOC(C)COC(C)(C)C)cc1. The quantitative estimate of drug-likeness (QED) is 0.339. The van der Waals surface area contributed by atoms with Gasteiger partial charge in [-0.25, -0.2) is 4.79 Å². The summed E-state index contributed by atoms with van der Waals surface area (Å²) in [5.41, 5.74) is 1.50. The summed E-state index contributed by atoms with van der Waals surface area (Å²) >= 11 is 0. The molecule has 1 rings (SSSR count). The fourth-order valence-electron chi connectivity index (χ4n) is 2.13. The van der Waals surface area contributed by atoms with Crippen LogP contribution in [0.25, 0.3) is 0 Å². The molecule has 0 aliphatic carbocycles. The number of benzene rings is 1. The van der Waals surface area contributed by atoms with Crippen molar-refractivity contribution >= 4 is 5.97 Å². The largest absolute Gasteiger partial charge is 0.373 e. The molecule has 1 aromatic carbocycles. The summed E-state index contributed by atoms with van der Waals surface area (Å²) < 4.78 is 5.58. The van der Waals surface area contributed by atoms with Gasteiger partial charge in [-0.1, -0.05) is 38.3 Å². The Labute approximate surface area is 146 Å². The van der Waals surface area contributed by atoms with Crippen molar-refractivity contribution < 1.29 is 19.3 Å². The number of unbranched alkanes of at least 4 members (excludes halogenated alkanes) is 3. The molecular weight excluding hydrogens is 304 g/mol. The average Bonchev–Trinajstić information content (AvgIpc) is 2.54. The number of ether oxygens (including phenoxy) is 1. The highest BCUT2D eigenvalue weighted by Gasteiger charge is 2.15. The molecule has 0 aliphatic rings. The van der Waals surface area contributed by atoms with Gasteiger partial charge in [0.05, 0.1) is 17.8 Å². The summed E-state index contributed by atoms with van der Waals surface area (Å²) in [6.45, 7) is 10.3. The van der Waals surface area contributed by atoms with Crippen LogP contribution < -0.4 is 0 Å². The molecule has 0 aliphatic heterocycles. The lowest BCUT2D eigenvalue weighted by atomic mass is 10.0. The van der Waals surface area contributed by atoms with E-state index in [0.29, 0.717) is 12.2 Å². The van der Waals surface area contributed by atoms with Crippen molar-refractivity contribution in [3.8, 4) is 0 Å². The lowest BCUT2D eigenvalue weighted by molar-refractivity contribution is -0.282. The van der Waals surface area contributed by atoms with Crippen molar-refractivity contribution in [3.63, 3.8) is 0 Å². The highest BCUT2D eigenvalue weighted by molar-refractivity contribution is 5.88. The average molecular weight is 336 g/mol. The summed E-state index contributed by atoms with van der Waals surface area (Å²) in [6.07, 6.45) is 5.69. The second-order valence-electron chi connectivity index (χ2n) is 7.21. The zero-order chi connectivity index (χ0) is 18.0. The zero-order valence-electron chi connectivity index (χ0n) is 15.8. The van der Waals surface area contributed by atoms with Crippen LogP contribution in [0.3, 0.4) is 0 Å². The Hall–Kier alpha value is -1.39. The molecule has 1 unspecified atom stereocenters. The van der Waals surface area contributed by atoms with Gasteiger partial charge in [0, 0.05) is 0 Å². The van der Waals surface area contributed by atoms with Gasteiger partial charge in [-0.2, -0.15) is 4.89 Å². The third-order valence-corrected chi connectivity index (χ3v) is 3.55. The third kappa shape index (κ3) is 9.04. The maximum atomic E-state index is 12.0. The van der Waals surface area contributed by atoms with Gasteiger partial charge in [-0.15, -0.1) is 0 Å². The molecule has 0 radical (unpaired) electrons. The van der Waals surface area contributed by atoms with Gasteiger partial charge in [0.2, 0.25) is 0 Å². The van der Waals surface area contributed by atoms with Crippen LogP contribution >= 0.6 is 0 Å². The predicted molar refractivity (Wildman–Crippen MR) is 96.0 cm³/mol. The zero-order valence-corrected chi connectivity index (χ0v) is 15.8. The molecule has 0 saturated heterocycles. The van der Waals surface area contributed by atoms with Gasteiger partial charge in [0.15, 0.2) is 0 Å². The van der Waals surface area contributed by atoms with Gasteiger partial charge < -0.3 is 4.74 Å². The number of rotatable bonds is 10. The van der Waals surface area contributed by atoms with Crippen molar-refractivity contribution in [3.05, 3.63) is 35.4 Å². The predicted octanol–water partition coefficient (Wildman–Crippen LogP) is 5.10. The summed E-state index contributed by atoms with van der Waals surface area (Å²) in [4.78, 5) is 22.0. The molecule has 0 aromatic heterocycles. The molecule has 0 amide bonds. The Kier molecular flexibility index (Phi) is 9.01. The second kappa shape index (κ2) is 10.5. The van der Waals surface area contributed by atoms with Crippen LogP contribution in [0.1, 0.15) is 76.2 Å². The molecule has 4 nitrogen and oxygen atoms in total. The Bertz CT molecular complexity index is 473. The van der Waals surface area contributed by atoms with E-state index in [1.807, 2.05) is 32.9 Å². The van der Waals surface area contributed by atoms with Crippen molar-refractivity contribution in [1.29, 1.82) is 0 Å². The maximum absolute atomic E-state index is 12.0. The molecule has 4 heteroatoms. The van der Waals surface area contributed by atoms with Crippen molar-refractivity contribution in [2.75, 3.05) is 6.61 Å².